The van der Waals surface area contributed by atoms with E-state index >= 15 is 0 Å². The highest BCUT2D eigenvalue weighted by Crippen LogP contribution is 2.41. The quantitative estimate of drug-likeness (QED) is 0.898. The van der Waals surface area contributed by atoms with Crippen LogP contribution in [0.4, 0.5) is 5.69 Å². The first-order valence-electron chi connectivity index (χ1n) is 8.50. The van der Waals surface area contributed by atoms with Gasteiger partial charge in [0.05, 0.1) is 12.3 Å². The molecule has 0 amide bonds. The molecule has 0 radical (unpaired) electrons. The Bertz CT molecular complexity index is 454. The van der Waals surface area contributed by atoms with Crippen LogP contribution in [0.3, 0.4) is 0 Å². The zero-order valence-corrected chi connectivity index (χ0v) is 13.2. The van der Waals surface area contributed by atoms with Gasteiger partial charge >= 0.3 is 0 Å². The molecule has 1 aliphatic carbocycles. The average Bonchev–Trinajstić information content (AvgIpc) is 2.88. The Morgan fingerprint density at radius 2 is 2.00 bits per heavy atom. The molecule has 0 bridgehead atoms. The van der Waals surface area contributed by atoms with Gasteiger partial charge in [0, 0.05) is 25.0 Å². The molecule has 0 atom stereocenters. The fourth-order valence-electron chi connectivity index (χ4n) is 3.87. The van der Waals surface area contributed by atoms with E-state index in [1.807, 2.05) is 0 Å². The Morgan fingerprint density at radius 3 is 2.81 bits per heavy atom. The fourth-order valence-corrected chi connectivity index (χ4v) is 3.87. The molecule has 116 valence electrons. The second kappa shape index (κ2) is 6.69. The second-order valence-electron chi connectivity index (χ2n) is 6.58. The van der Waals surface area contributed by atoms with Crippen LogP contribution in [0.25, 0.3) is 0 Å². The normalized spacial score (nSPS) is 20.7. The predicted octanol–water partition coefficient (Wildman–Crippen LogP) is 3.45. The van der Waals surface area contributed by atoms with Gasteiger partial charge in [-0.1, -0.05) is 31.9 Å². The second-order valence-corrected chi connectivity index (χ2v) is 6.58. The molecule has 1 aliphatic heterocycles. The number of para-hydroxylation sites is 2. The first-order chi connectivity index (χ1) is 10.3. The summed E-state index contributed by atoms with van der Waals surface area (Å²) < 4.78 is 5.90. The number of nitrogens with zero attached hydrogens (tertiary/aromatic N) is 1. The lowest BCUT2D eigenvalue weighted by Gasteiger charge is -2.36. The van der Waals surface area contributed by atoms with E-state index in [1.165, 1.54) is 37.9 Å². The highest BCUT2D eigenvalue weighted by Gasteiger charge is 2.36. The van der Waals surface area contributed by atoms with E-state index in [4.69, 9.17) is 4.74 Å². The van der Waals surface area contributed by atoms with Crippen LogP contribution in [0.5, 0.6) is 5.75 Å². The molecule has 1 fully saturated rings. The van der Waals surface area contributed by atoms with Crippen LogP contribution < -0.4 is 15.0 Å². The third kappa shape index (κ3) is 3.34. The molecule has 0 saturated heterocycles. The van der Waals surface area contributed by atoms with Gasteiger partial charge in [-0.15, -0.1) is 0 Å². The molecule has 1 aromatic rings. The molecule has 0 spiro atoms. The highest BCUT2D eigenvalue weighted by atomic mass is 16.5. The van der Waals surface area contributed by atoms with Gasteiger partial charge in [-0.25, -0.2) is 0 Å². The number of ether oxygens (including phenoxy) is 1. The summed E-state index contributed by atoms with van der Waals surface area (Å²) in [6.45, 7) is 7.56. The van der Waals surface area contributed by atoms with Crippen LogP contribution in [0.1, 0.15) is 39.0 Å². The van der Waals surface area contributed by atoms with Crippen LogP contribution in [0.15, 0.2) is 24.3 Å². The lowest BCUT2D eigenvalue weighted by molar-refractivity contribution is 0.284. The molecule has 1 N–H and O–H groups in total. The topological polar surface area (TPSA) is 24.5 Å². The van der Waals surface area contributed by atoms with Gasteiger partial charge < -0.3 is 15.0 Å². The van der Waals surface area contributed by atoms with Crippen molar-refractivity contribution in [3.63, 3.8) is 0 Å². The first-order valence-corrected chi connectivity index (χ1v) is 8.50. The number of anilines is 1. The van der Waals surface area contributed by atoms with Crippen molar-refractivity contribution >= 4 is 5.69 Å². The maximum absolute atomic E-state index is 5.90. The van der Waals surface area contributed by atoms with Crippen molar-refractivity contribution in [2.24, 2.45) is 5.41 Å². The molecule has 2 aliphatic rings. The van der Waals surface area contributed by atoms with E-state index in [2.05, 4.69) is 41.4 Å². The van der Waals surface area contributed by atoms with Gasteiger partial charge in [0.2, 0.25) is 0 Å². The molecular formula is C18H28N2O. The Labute approximate surface area is 128 Å². The molecule has 21 heavy (non-hydrogen) atoms. The van der Waals surface area contributed by atoms with E-state index in [1.54, 1.807) is 0 Å². The zero-order chi connectivity index (χ0) is 14.5. The van der Waals surface area contributed by atoms with Crippen molar-refractivity contribution in [2.75, 3.05) is 37.7 Å². The van der Waals surface area contributed by atoms with Gasteiger partial charge in [-0.3, -0.25) is 0 Å². The van der Waals surface area contributed by atoms with E-state index in [0.717, 1.165) is 38.4 Å². The fraction of sp³-hybridized carbons (Fsp3) is 0.667. The maximum Gasteiger partial charge on any atom is 0.142 e. The van der Waals surface area contributed by atoms with Crippen LogP contribution in [-0.4, -0.2) is 32.8 Å². The summed E-state index contributed by atoms with van der Waals surface area (Å²) in [6, 6.07) is 8.54. The minimum Gasteiger partial charge on any atom is -0.491 e. The average molecular weight is 288 g/mol. The van der Waals surface area contributed by atoms with Crippen LogP contribution in [0, 0.1) is 5.41 Å². The molecular weight excluding hydrogens is 260 g/mol. The number of benzene rings is 1. The molecule has 0 aromatic heterocycles. The summed E-state index contributed by atoms with van der Waals surface area (Å²) in [6.07, 6.45) is 6.61. The Morgan fingerprint density at radius 1 is 1.19 bits per heavy atom. The monoisotopic (exact) mass is 288 g/mol. The summed E-state index contributed by atoms with van der Waals surface area (Å²) in [5, 5.41) is 3.60. The summed E-state index contributed by atoms with van der Waals surface area (Å²) in [4.78, 5) is 2.57. The Hall–Kier alpha value is -1.22. The van der Waals surface area contributed by atoms with E-state index in [9.17, 15) is 0 Å². The van der Waals surface area contributed by atoms with Crippen molar-refractivity contribution in [3.05, 3.63) is 24.3 Å². The van der Waals surface area contributed by atoms with Crippen LogP contribution >= 0.6 is 0 Å². The van der Waals surface area contributed by atoms with Crippen molar-refractivity contribution in [2.45, 2.75) is 39.0 Å². The Balaban J connectivity index is 1.79. The van der Waals surface area contributed by atoms with E-state index < -0.39 is 0 Å². The van der Waals surface area contributed by atoms with Gasteiger partial charge in [0.25, 0.3) is 0 Å². The smallest absolute Gasteiger partial charge is 0.142 e. The molecule has 3 nitrogen and oxygen atoms in total. The standard InChI is InChI=1S/C18H28N2O/c1-2-19-14-18(10-5-6-11-18)15-20-12-7-13-21-17-9-4-3-8-16(17)20/h3-4,8-9,19H,2,5-7,10-15H2,1H3. The third-order valence-electron chi connectivity index (χ3n) is 4.98. The van der Waals surface area contributed by atoms with Gasteiger partial charge in [-0.05, 0) is 37.9 Å². The zero-order valence-electron chi connectivity index (χ0n) is 13.2. The van der Waals surface area contributed by atoms with Gasteiger partial charge in [-0.2, -0.15) is 0 Å². The maximum atomic E-state index is 5.90. The summed E-state index contributed by atoms with van der Waals surface area (Å²) >= 11 is 0. The summed E-state index contributed by atoms with van der Waals surface area (Å²) in [5.41, 5.74) is 1.74. The van der Waals surface area contributed by atoms with Gasteiger partial charge in [0.15, 0.2) is 0 Å². The van der Waals surface area contributed by atoms with E-state index in [-0.39, 0.29) is 0 Å². The SMILES string of the molecule is CCNCC1(CN2CCCOc3ccccc32)CCCC1. The van der Waals surface area contributed by atoms with Crippen LogP contribution in [0.2, 0.25) is 0 Å². The molecule has 1 heterocycles. The minimum atomic E-state index is 0.452. The first kappa shape index (κ1) is 14.7. The van der Waals surface area contributed by atoms with Gasteiger partial charge in [0.1, 0.15) is 5.75 Å². The predicted molar refractivity (Wildman–Crippen MR) is 88.2 cm³/mol. The molecule has 1 saturated carbocycles. The van der Waals surface area contributed by atoms with Crippen molar-refractivity contribution in [1.29, 1.82) is 0 Å². The lowest BCUT2D eigenvalue weighted by atomic mass is 9.85. The Kier molecular flexibility index (Phi) is 4.69. The molecule has 3 rings (SSSR count). The minimum absolute atomic E-state index is 0.452. The largest absolute Gasteiger partial charge is 0.491 e. The number of fused-ring (bicyclic) bond motifs is 1. The number of hydrogen-bond acceptors (Lipinski definition) is 3. The number of rotatable bonds is 5. The van der Waals surface area contributed by atoms with Crippen LogP contribution in [-0.2, 0) is 0 Å². The summed E-state index contributed by atoms with van der Waals surface area (Å²) in [7, 11) is 0. The number of nitrogens with one attached hydrogen (secondary N) is 1. The molecule has 1 aromatic carbocycles. The highest BCUT2D eigenvalue weighted by molar-refractivity contribution is 5.59. The third-order valence-corrected chi connectivity index (χ3v) is 4.98. The molecule has 3 heteroatoms. The summed E-state index contributed by atoms with van der Waals surface area (Å²) in [5.74, 6) is 1.06. The van der Waals surface area contributed by atoms with E-state index in [0.29, 0.717) is 5.41 Å². The van der Waals surface area contributed by atoms with Crippen molar-refractivity contribution < 1.29 is 4.74 Å². The number of hydrogen-bond donors (Lipinski definition) is 1. The van der Waals surface area contributed by atoms with Crippen molar-refractivity contribution in [3.8, 4) is 5.75 Å². The molecule has 0 unspecified atom stereocenters. The van der Waals surface area contributed by atoms with Crippen molar-refractivity contribution in [1.82, 2.24) is 5.32 Å². The lowest BCUT2D eigenvalue weighted by Crippen LogP contribution is -2.43.